The Hall–Kier alpha value is -1.60. The topological polar surface area (TPSA) is 12.0 Å². The Morgan fingerprint density at radius 1 is 1.10 bits per heavy atom. The van der Waals surface area contributed by atoms with Gasteiger partial charge in [-0.15, -0.1) is 0 Å². The summed E-state index contributed by atoms with van der Waals surface area (Å²) in [6, 6.07) is 17.9. The van der Waals surface area contributed by atoms with Gasteiger partial charge in [-0.1, -0.05) is 61.0 Å². The van der Waals surface area contributed by atoms with Gasteiger partial charge in [0.2, 0.25) is 0 Å². The highest BCUT2D eigenvalue weighted by molar-refractivity contribution is 5.39. The molecule has 0 aromatic heterocycles. The third kappa shape index (κ3) is 3.36. The molecule has 3 unspecified atom stereocenters. The van der Waals surface area contributed by atoms with Gasteiger partial charge in [-0.2, -0.15) is 0 Å². The highest BCUT2D eigenvalue weighted by Gasteiger charge is 2.32. The average molecular weight is 279 g/mol. The minimum atomic E-state index is 0.305. The van der Waals surface area contributed by atoms with E-state index in [4.69, 9.17) is 0 Å². The zero-order valence-corrected chi connectivity index (χ0v) is 13.3. The highest BCUT2D eigenvalue weighted by Crippen LogP contribution is 2.38. The molecule has 1 aliphatic rings. The summed E-state index contributed by atoms with van der Waals surface area (Å²) in [6.45, 7) is 7.86. The molecule has 21 heavy (non-hydrogen) atoms. The second-order valence-electron chi connectivity index (χ2n) is 6.59. The predicted molar refractivity (Wildman–Crippen MR) is 89.5 cm³/mol. The fraction of sp³-hybridized carbons (Fsp3) is 0.400. The molecule has 1 N–H and O–H groups in total. The van der Waals surface area contributed by atoms with E-state index in [0.717, 1.165) is 18.4 Å². The summed E-state index contributed by atoms with van der Waals surface area (Å²) < 4.78 is 0. The summed E-state index contributed by atoms with van der Waals surface area (Å²) in [5.41, 5.74) is 5.47. The molecule has 0 heterocycles. The van der Waals surface area contributed by atoms with Crippen molar-refractivity contribution >= 4 is 0 Å². The highest BCUT2D eigenvalue weighted by atomic mass is 14.9. The molecule has 3 rings (SSSR count). The van der Waals surface area contributed by atoms with Crippen molar-refractivity contribution in [3.8, 4) is 0 Å². The zero-order valence-electron chi connectivity index (χ0n) is 13.3. The van der Waals surface area contributed by atoms with Crippen LogP contribution in [-0.4, -0.2) is 6.54 Å². The standard InChI is InChI=1S/C20H25N/c1-14-9-10-15(2)19(11-14)20(17-7-5-4-6-8-17)21-13-18-12-16(18)3/h4-11,16,18,20-21H,12-13H2,1-3H3. The van der Waals surface area contributed by atoms with Crippen LogP contribution in [0.2, 0.25) is 0 Å². The monoisotopic (exact) mass is 279 g/mol. The van der Waals surface area contributed by atoms with E-state index in [9.17, 15) is 0 Å². The van der Waals surface area contributed by atoms with Gasteiger partial charge in [0, 0.05) is 0 Å². The molecule has 1 nitrogen and oxygen atoms in total. The molecule has 2 aromatic carbocycles. The molecule has 0 amide bonds. The van der Waals surface area contributed by atoms with E-state index in [2.05, 4.69) is 74.6 Å². The first-order chi connectivity index (χ1) is 10.1. The number of aryl methyl sites for hydroxylation is 2. The van der Waals surface area contributed by atoms with Crippen LogP contribution >= 0.6 is 0 Å². The summed E-state index contributed by atoms with van der Waals surface area (Å²) in [6.07, 6.45) is 1.38. The Bertz CT molecular complexity index is 602. The number of benzene rings is 2. The SMILES string of the molecule is Cc1ccc(C)c(C(NCC2CC2C)c2ccccc2)c1. The van der Waals surface area contributed by atoms with Crippen LogP contribution in [0.3, 0.4) is 0 Å². The van der Waals surface area contributed by atoms with Gasteiger partial charge in [-0.25, -0.2) is 0 Å². The molecule has 2 aromatic rings. The maximum Gasteiger partial charge on any atom is 0.0579 e. The lowest BCUT2D eigenvalue weighted by atomic mass is 9.93. The average Bonchev–Trinajstić information content (AvgIpc) is 3.20. The van der Waals surface area contributed by atoms with Crippen molar-refractivity contribution in [3.63, 3.8) is 0 Å². The first kappa shape index (κ1) is 14.3. The molecule has 110 valence electrons. The minimum Gasteiger partial charge on any atom is -0.306 e. The Kier molecular flexibility index (Phi) is 4.12. The van der Waals surface area contributed by atoms with E-state index in [1.807, 2.05) is 0 Å². The molecule has 1 saturated carbocycles. The molecule has 0 radical (unpaired) electrons. The lowest BCUT2D eigenvalue weighted by Gasteiger charge is -2.22. The first-order valence-electron chi connectivity index (χ1n) is 8.00. The minimum absolute atomic E-state index is 0.305. The summed E-state index contributed by atoms with van der Waals surface area (Å²) in [5, 5.41) is 3.81. The predicted octanol–water partition coefficient (Wildman–Crippen LogP) is 4.64. The van der Waals surface area contributed by atoms with Crippen LogP contribution in [0.1, 0.15) is 41.6 Å². The third-order valence-electron chi connectivity index (χ3n) is 4.74. The Morgan fingerprint density at radius 2 is 1.81 bits per heavy atom. The van der Waals surface area contributed by atoms with Gasteiger partial charge < -0.3 is 5.32 Å². The van der Waals surface area contributed by atoms with Crippen molar-refractivity contribution in [2.45, 2.75) is 33.2 Å². The fourth-order valence-corrected chi connectivity index (χ4v) is 3.08. The molecule has 1 aliphatic carbocycles. The van der Waals surface area contributed by atoms with Gasteiger partial charge in [0.1, 0.15) is 0 Å². The normalized spacial score (nSPS) is 22.0. The lowest BCUT2D eigenvalue weighted by Crippen LogP contribution is -2.25. The van der Waals surface area contributed by atoms with E-state index in [-0.39, 0.29) is 0 Å². The molecule has 1 heteroatoms. The van der Waals surface area contributed by atoms with Crippen molar-refractivity contribution in [2.75, 3.05) is 6.54 Å². The summed E-state index contributed by atoms with van der Waals surface area (Å²) in [5.74, 6) is 1.76. The van der Waals surface area contributed by atoms with Gasteiger partial charge in [0.25, 0.3) is 0 Å². The molecule has 0 bridgehead atoms. The second-order valence-corrected chi connectivity index (χ2v) is 6.59. The Morgan fingerprint density at radius 3 is 2.48 bits per heavy atom. The summed E-state index contributed by atoms with van der Waals surface area (Å²) in [4.78, 5) is 0. The summed E-state index contributed by atoms with van der Waals surface area (Å²) in [7, 11) is 0. The largest absolute Gasteiger partial charge is 0.306 e. The van der Waals surface area contributed by atoms with E-state index >= 15 is 0 Å². The number of hydrogen-bond donors (Lipinski definition) is 1. The van der Waals surface area contributed by atoms with Crippen LogP contribution in [-0.2, 0) is 0 Å². The van der Waals surface area contributed by atoms with Gasteiger partial charge in [-0.3, -0.25) is 0 Å². The van der Waals surface area contributed by atoms with Crippen LogP contribution in [0.25, 0.3) is 0 Å². The Balaban J connectivity index is 1.89. The number of hydrogen-bond acceptors (Lipinski definition) is 1. The van der Waals surface area contributed by atoms with Crippen molar-refractivity contribution in [1.82, 2.24) is 5.32 Å². The van der Waals surface area contributed by atoms with Gasteiger partial charge >= 0.3 is 0 Å². The maximum atomic E-state index is 3.81. The van der Waals surface area contributed by atoms with Gasteiger partial charge in [0.05, 0.1) is 6.04 Å². The van der Waals surface area contributed by atoms with Crippen molar-refractivity contribution in [1.29, 1.82) is 0 Å². The van der Waals surface area contributed by atoms with E-state index in [1.54, 1.807) is 0 Å². The third-order valence-corrected chi connectivity index (χ3v) is 4.74. The molecule has 0 aliphatic heterocycles. The maximum absolute atomic E-state index is 3.81. The van der Waals surface area contributed by atoms with Crippen LogP contribution < -0.4 is 5.32 Å². The van der Waals surface area contributed by atoms with Crippen LogP contribution in [0.15, 0.2) is 48.5 Å². The van der Waals surface area contributed by atoms with Gasteiger partial charge in [-0.05, 0) is 55.3 Å². The molecule has 0 spiro atoms. The lowest BCUT2D eigenvalue weighted by molar-refractivity contribution is 0.555. The molecule has 0 saturated heterocycles. The van der Waals surface area contributed by atoms with Crippen molar-refractivity contribution in [2.24, 2.45) is 11.8 Å². The zero-order chi connectivity index (χ0) is 14.8. The number of nitrogens with one attached hydrogen (secondary N) is 1. The van der Waals surface area contributed by atoms with Gasteiger partial charge in [0.15, 0.2) is 0 Å². The molecule has 1 fully saturated rings. The van der Waals surface area contributed by atoms with E-state index in [0.29, 0.717) is 6.04 Å². The van der Waals surface area contributed by atoms with E-state index < -0.39 is 0 Å². The molecular weight excluding hydrogens is 254 g/mol. The fourth-order valence-electron chi connectivity index (χ4n) is 3.08. The van der Waals surface area contributed by atoms with Crippen LogP contribution in [0.4, 0.5) is 0 Å². The second kappa shape index (κ2) is 6.03. The smallest absolute Gasteiger partial charge is 0.0579 e. The van der Waals surface area contributed by atoms with Crippen molar-refractivity contribution < 1.29 is 0 Å². The van der Waals surface area contributed by atoms with E-state index in [1.165, 1.54) is 28.7 Å². The first-order valence-corrected chi connectivity index (χ1v) is 8.00. The molecule has 3 atom stereocenters. The Labute approximate surface area is 128 Å². The number of rotatable bonds is 5. The van der Waals surface area contributed by atoms with Crippen molar-refractivity contribution in [3.05, 3.63) is 70.8 Å². The summed E-state index contributed by atoms with van der Waals surface area (Å²) >= 11 is 0. The van der Waals surface area contributed by atoms with Crippen LogP contribution in [0.5, 0.6) is 0 Å². The molecular formula is C20H25N. The van der Waals surface area contributed by atoms with Crippen LogP contribution in [0, 0.1) is 25.7 Å². The quantitative estimate of drug-likeness (QED) is 0.841.